The monoisotopic (exact) mass is 275 g/mol. The predicted octanol–water partition coefficient (Wildman–Crippen LogP) is 2.32. The van der Waals surface area contributed by atoms with Gasteiger partial charge in [0.2, 0.25) is 0 Å². The van der Waals surface area contributed by atoms with Crippen molar-refractivity contribution in [2.45, 2.75) is 13.0 Å². The van der Waals surface area contributed by atoms with Gasteiger partial charge in [0.15, 0.2) is 0 Å². The standard InChI is InChI=1S/C10H14BrNOS/c11-9-3-10(14-7-9)5-12-2-1-8(4-12)6-13/h3,7-8,13H,1-2,4-6H2. The van der Waals surface area contributed by atoms with Crippen molar-refractivity contribution in [1.29, 1.82) is 0 Å². The maximum atomic E-state index is 9.02. The third kappa shape index (κ3) is 2.57. The first-order chi connectivity index (χ1) is 6.78. The van der Waals surface area contributed by atoms with Gasteiger partial charge in [-0.25, -0.2) is 0 Å². The van der Waals surface area contributed by atoms with E-state index in [9.17, 15) is 0 Å². The number of aliphatic hydroxyl groups excluding tert-OH is 1. The van der Waals surface area contributed by atoms with Gasteiger partial charge in [-0.15, -0.1) is 11.3 Å². The Hall–Kier alpha value is 0.1000. The second kappa shape index (κ2) is 4.75. The normalized spacial score (nSPS) is 23.1. The highest BCUT2D eigenvalue weighted by molar-refractivity contribution is 9.10. The molecule has 1 aliphatic heterocycles. The van der Waals surface area contributed by atoms with Crippen LogP contribution >= 0.6 is 27.3 Å². The lowest BCUT2D eigenvalue weighted by Gasteiger charge is -2.13. The summed E-state index contributed by atoms with van der Waals surface area (Å²) >= 11 is 5.25. The maximum absolute atomic E-state index is 9.02. The topological polar surface area (TPSA) is 23.5 Å². The number of halogens is 1. The second-order valence-electron chi connectivity index (χ2n) is 3.80. The number of thiophene rings is 1. The molecule has 0 radical (unpaired) electrons. The Morgan fingerprint density at radius 2 is 2.50 bits per heavy atom. The number of rotatable bonds is 3. The number of hydrogen-bond acceptors (Lipinski definition) is 3. The molecule has 4 heteroatoms. The minimum absolute atomic E-state index is 0.338. The maximum Gasteiger partial charge on any atom is 0.0471 e. The molecular formula is C10H14BrNOS. The Bertz CT molecular complexity index is 302. The van der Waals surface area contributed by atoms with Gasteiger partial charge in [0.1, 0.15) is 0 Å². The highest BCUT2D eigenvalue weighted by Crippen LogP contribution is 2.24. The third-order valence-electron chi connectivity index (χ3n) is 2.63. The first-order valence-electron chi connectivity index (χ1n) is 4.84. The molecule has 1 N–H and O–H groups in total. The van der Waals surface area contributed by atoms with Crippen LogP contribution < -0.4 is 0 Å². The number of likely N-dealkylation sites (tertiary alicyclic amines) is 1. The number of aliphatic hydroxyl groups is 1. The fraction of sp³-hybridized carbons (Fsp3) is 0.600. The number of nitrogens with zero attached hydrogens (tertiary/aromatic N) is 1. The molecule has 1 saturated heterocycles. The van der Waals surface area contributed by atoms with E-state index >= 15 is 0 Å². The molecule has 2 nitrogen and oxygen atoms in total. The fourth-order valence-electron chi connectivity index (χ4n) is 1.86. The van der Waals surface area contributed by atoms with Gasteiger partial charge in [-0.1, -0.05) is 0 Å². The molecule has 1 aromatic rings. The Balaban J connectivity index is 1.87. The van der Waals surface area contributed by atoms with Gasteiger partial charge in [-0.3, -0.25) is 4.90 Å². The van der Waals surface area contributed by atoms with Crippen LogP contribution in [0.15, 0.2) is 15.9 Å². The van der Waals surface area contributed by atoms with Crippen LogP contribution in [0.3, 0.4) is 0 Å². The van der Waals surface area contributed by atoms with Crippen molar-refractivity contribution in [2.24, 2.45) is 5.92 Å². The lowest BCUT2D eigenvalue weighted by atomic mass is 10.1. The fourth-order valence-corrected chi connectivity index (χ4v) is 3.35. The lowest BCUT2D eigenvalue weighted by Crippen LogP contribution is -2.20. The van der Waals surface area contributed by atoms with E-state index in [4.69, 9.17) is 5.11 Å². The lowest BCUT2D eigenvalue weighted by molar-refractivity contribution is 0.220. The summed E-state index contributed by atoms with van der Waals surface area (Å²) in [6.45, 7) is 3.55. The summed E-state index contributed by atoms with van der Waals surface area (Å²) in [5.41, 5.74) is 0. The van der Waals surface area contributed by atoms with Crippen LogP contribution in [0, 0.1) is 5.92 Å². The minimum atomic E-state index is 0.338. The zero-order valence-electron chi connectivity index (χ0n) is 7.95. The van der Waals surface area contributed by atoms with Gasteiger partial charge in [-0.2, -0.15) is 0 Å². The van der Waals surface area contributed by atoms with Crippen molar-refractivity contribution in [2.75, 3.05) is 19.7 Å². The molecule has 0 bridgehead atoms. The second-order valence-corrected chi connectivity index (χ2v) is 5.72. The Morgan fingerprint density at radius 1 is 1.64 bits per heavy atom. The SMILES string of the molecule is OCC1CCN(Cc2cc(Br)cs2)C1. The highest BCUT2D eigenvalue weighted by Gasteiger charge is 2.21. The van der Waals surface area contributed by atoms with Crippen LogP contribution in [0.5, 0.6) is 0 Å². The Kier molecular flexibility index (Phi) is 3.60. The highest BCUT2D eigenvalue weighted by atomic mass is 79.9. The van der Waals surface area contributed by atoms with Crippen LogP contribution in [-0.2, 0) is 6.54 Å². The van der Waals surface area contributed by atoms with Crippen molar-refractivity contribution in [3.63, 3.8) is 0 Å². The van der Waals surface area contributed by atoms with E-state index in [2.05, 4.69) is 32.3 Å². The summed E-state index contributed by atoms with van der Waals surface area (Å²) in [6, 6.07) is 2.18. The Morgan fingerprint density at radius 3 is 3.07 bits per heavy atom. The molecule has 1 aromatic heterocycles. The van der Waals surface area contributed by atoms with Gasteiger partial charge >= 0.3 is 0 Å². The summed E-state index contributed by atoms with van der Waals surface area (Å²) in [5, 5.41) is 11.1. The zero-order valence-corrected chi connectivity index (χ0v) is 10.4. The van der Waals surface area contributed by atoms with E-state index in [1.165, 1.54) is 9.35 Å². The molecule has 1 fully saturated rings. The predicted molar refractivity (Wildman–Crippen MR) is 62.5 cm³/mol. The first kappa shape index (κ1) is 10.6. The van der Waals surface area contributed by atoms with E-state index in [0.717, 1.165) is 26.1 Å². The quantitative estimate of drug-likeness (QED) is 0.916. The van der Waals surface area contributed by atoms with E-state index in [0.29, 0.717) is 12.5 Å². The van der Waals surface area contributed by atoms with Crippen molar-refractivity contribution < 1.29 is 5.11 Å². The van der Waals surface area contributed by atoms with Crippen molar-refractivity contribution in [1.82, 2.24) is 4.90 Å². The van der Waals surface area contributed by atoms with E-state index < -0.39 is 0 Å². The molecule has 78 valence electrons. The molecule has 0 aromatic carbocycles. The molecule has 0 aliphatic carbocycles. The molecule has 14 heavy (non-hydrogen) atoms. The van der Waals surface area contributed by atoms with Crippen LogP contribution in [0.25, 0.3) is 0 Å². The Labute approximate surface area is 96.7 Å². The summed E-state index contributed by atoms with van der Waals surface area (Å²) in [6.07, 6.45) is 1.14. The largest absolute Gasteiger partial charge is 0.396 e. The van der Waals surface area contributed by atoms with Crippen molar-refractivity contribution in [3.8, 4) is 0 Å². The molecule has 0 amide bonds. The van der Waals surface area contributed by atoms with Gasteiger partial charge in [0.05, 0.1) is 0 Å². The average molecular weight is 276 g/mol. The molecule has 2 rings (SSSR count). The van der Waals surface area contributed by atoms with Crippen LogP contribution in [0.1, 0.15) is 11.3 Å². The first-order valence-corrected chi connectivity index (χ1v) is 6.51. The molecule has 2 heterocycles. The molecule has 1 atom stereocenters. The van der Waals surface area contributed by atoms with Crippen LogP contribution in [0.4, 0.5) is 0 Å². The molecule has 1 unspecified atom stereocenters. The third-order valence-corrected chi connectivity index (χ3v) is 4.31. The molecular weight excluding hydrogens is 262 g/mol. The minimum Gasteiger partial charge on any atom is -0.396 e. The smallest absolute Gasteiger partial charge is 0.0471 e. The molecule has 1 aliphatic rings. The summed E-state index contributed by atoms with van der Waals surface area (Å²) in [4.78, 5) is 3.81. The summed E-state index contributed by atoms with van der Waals surface area (Å²) in [7, 11) is 0. The summed E-state index contributed by atoms with van der Waals surface area (Å²) in [5.74, 6) is 0.499. The van der Waals surface area contributed by atoms with E-state index in [1.807, 2.05) is 0 Å². The van der Waals surface area contributed by atoms with Crippen molar-refractivity contribution in [3.05, 3.63) is 20.8 Å². The average Bonchev–Trinajstić information content (AvgIpc) is 2.76. The zero-order chi connectivity index (χ0) is 9.97. The van der Waals surface area contributed by atoms with Crippen LogP contribution in [-0.4, -0.2) is 29.7 Å². The van der Waals surface area contributed by atoms with E-state index in [1.54, 1.807) is 11.3 Å². The van der Waals surface area contributed by atoms with Crippen LogP contribution in [0.2, 0.25) is 0 Å². The molecule has 0 spiro atoms. The van der Waals surface area contributed by atoms with Gasteiger partial charge < -0.3 is 5.11 Å². The molecule has 0 saturated carbocycles. The van der Waals surface area contributed by atoms with Gasteiger partial charge in [0, 0.05) is 34.4 Å². The van der Waals surface area contributed by atoms with Crippen molar-refractivity contribution >= 4 is 27.3 Å². The number of hydrogen-bond donors (Lipinski definition) is 1. The van der Waals surface area contributed by atoms with Gasteiger partial charge in [0.25, 0.3) is 0 Å². The summed E-state index contributed by atoms with van der Waals surface area (Å²) < 4.78 is 1.18. The van der Waals surface area contributed by atoms with Gasteiger partial charge in [-0.05, 0) is 40.9 Å². The van der Waals surface area contributed by atoms with E-state index in [-0.39, 0.29) is 0 Å².